The summed E-state index contributed by atoms with van der Waals surface area (Å²) in [4.78, 5) is 80.3. The first kappa shape index (κ1) is 44.6. The van der Waals surface area contributed by atoms with E-state index >= 15 is 0 Å². The topological polar surface area (TPSA) is 231 Å². The van der Waals surface area contributed by atoms with E-state index in [4.69, 9.17) is 9.47 Å². The highest BCUT2D eigenvalue weighted by Crippen LogP contribution is 2.04. The summed E-state index contributed by atoms with van der Waals surface area (Å²) >= 11 is 0. The fourth-order valence-electron chi connectivity index (χ4n) is 5.16. The van der Waals surface area contributed by atoms with Gasteiger partial charge in [-0.1, -0.05) is 6.92 Å². The molecule has 1 fully saturated rings. The second kappa shape index (κ2) is 27.3. The molecule has 0 bridgehead atoms. The summed E-state index contributed by atoms with van der Waals surface area (Å²) in [6, 6.07) is -0.993. The van der Waals surface area contributed by atoms with Crippen LogP contribution in [0.4, 0.5) is 0 Å². The summed E-state index contributed by atoms with van der Waals surface area (Å²) in [7, 11) is 0. The molecule has 3 amide bonds. The Hall–Kier alpha value is -3.42. The van der Waals surface area contributed by atoms with E-state index in [1.54, 1.807) is 19.6 Å². The quantitative estimate of drug-likeness (QED) is 0.0606. The number of aliphatic carboxylic acids is 3. The van der Waals surface area contributed by atoms with Crippen molar-refractivity contribution >= 4 is 35.6 Å². The molecule has 1 aliphatic rings. The van der Waals surface area contributed by atoms with Gasteiger partial charge in [-0.2, -0.15) is 0 Å². The van der Waals surface area contributed by atoms with Gasteiger partial charge in [0.05, 0.1) is 26.2 Å². The van der Waals surface area contributed by atoms with Crippen LogP contribution >= 0.6 is 0 Å². The van der Waals surface area contributed by atoms with Crippen molar-refractivity contribution < 1.29 is 53.6 Å². The lowest BCUT2D eigenvalue weighted by Gasteiger charge is -2.33. The molecular weight excluding hydrogens is 658 g/mol. The Kier molecular flexibility index (Phi) is 24.4. The third kappa shape index (κ3) is 23.1. The first-order valence-corrected chi connectivity index (χ1v) is 17.5. The minimum atomic E-state index is -1.05. The van der Waals surface area contributed by atoms with Crippen molar-refractivity contribution in [1.29, 1.82) is 0 Å². The Morgan fingerprint density at radius 1 is 0.600 bits per heavy atom. The Balaban J connectivity index is 3.00. The minimum Gasteiger partial charge on any atom is -0.480 e. The molecule has 0 saturated carbocycles. The molecule has 6 N–H and O–H groups in total. The molecular formula is C32H59N7O11. The highest BCUT2D eigenvalue weighted by atomic mass is 16.5. The van der Waals surface area contributed by atoms with E-state index in [2.05, 4.69) is 16.0 Å². The minimum absolute atomic E-state index is 0.00349. The molecule has 0 aromatic rings. The molecule has 0 aliphatic carbocycles. The number of amides is 3. The number of hydrogen-bond donors (Lipinski definition) is 6. The zero-order valence-electron chi connectivity index (χ0n) is 29.7. The first-order chi connectivity index (χ1) is 23.9. The van der Waals surface area contributed by atoms with Gasteiger partial charge >= 0.3 is 17.9 Å². The molecule has 1 saturated heterocycles. The van der Waals surface area contributed by atoms with Crippen molar-refractivity contribution in [1.82, 2.24) is 35.6 Å². The maximum Gasteiger partial charge on any atom is 0.317 e. The van der Waals surface area contributed by atoms with Crippen LogP contribution in [0.3, 0.4) is 0 Å². The van der Waals surface area contributed by atoms with E-state index in [-0.39, 0.29) is 97.3 Å². The molecule has 288 valence electrons. The number of carboxylic acid groups (broad SMARTS) is 3. The van der Waals surface area contributed by atoms with Crippen LogP contribution in [-0.2, 0) is 38.2 Å². The SMILES string of the molecule is CCCOCCCNC(=O)[C@H](CCC(=O)NCCCOCC)NC(=O)CN1CCN(CC(=O)O)CCN(CC(=O)O)CCN(CC(=O)O)CC1. The summed E-state index contributed by atoms with van der Waals surface area (Å²) in [6.45, 7) is 7.80. The fraction of sp³-hybridized carbons (Fsp3) is 0.812. The Morgan fingerprint density at radius 3 is 1.48 bits per heavy atom. The number of ether oxygens (including phenoxy) is 2. The number of carbonyl (C=O) groups excluding carboxylic acids is 3. The second-order valence-electron chi connectivity index (χ2n) is 12.1. The van der Waals surface area contributed by atoms with E-state index in [0.717, 1.165) is 6.42 Å². The van der Waals surface area contributed by atoms with Gasteiger partial charge in [-0.05, 0) is 32.6 Å². The fourth-order valence-corrected chi connectivity index (χ4v) is 5.16. The molecule has 1 aliphatic heterocycles. The third-order valence-electron chi connectivity index (χ3n) is 7.79. The van der Waals surface area contributed by atoms with Gasteiger partial charge in [-0.15, -0.1) is 0 Å². The number of carboxylic acids is 3. The average Bonchev–Trinajstić information content (AvgIpc) is 3.04. The molecule has 0 aromatic heterocycles. The molecule has 1 rings (SSSR count). The maximum atomic E-state index is 13.4. The predicted molar refractivity (Wildman–Crippen MR) is 183 cm³/mol. The summed E-state index contributed by atoms with van der Waals surface area (Å²) < 4.78 is 10.7. The zero-order valence-corrected chi connectivity index (χ0v) is 29.7. The molecule has 1 atom stereocenters. The van der Waals surface area contributed by atoms with Gasteiger partial charge in [0, 0.05) is 98.3 Å². The summed E-state index contributed by atoms with van der Waals surface area (Å²) in [5.41, 5.74) is 0. The molecule has 0 aromatic carbocycles. The number of carbonyl (C=O) groups is 6. The zero-order chi connectivity index (χ0) is 37.1. The van der Waals surface area contributed by atoms with E-state index < -0.39 is 35.8 Å². The lowest BCUT2D eigenvalue weighted by Crippen LogP contribution is -2.52. The summed E-state index contributed by atoms with van der Waals surface area (Å²) in [5.74, 6) is -4.33. The number of nitrogens with one attached hydrogen (secondary N) is 3. The van der Waals surface area contributed by atoms with Crippen molar-refractivity contribution in [3.8, 4) is 0 Å². The van der Waals surface area contributed by atoms with E-state index in [0.29, 0.717) is 52.4 Å². The molecule has 50 heavy (non-hydrogen) atoms. The Morgan fingerprint density at radius 2 is 1.04 bits per heavy atom. The van der Waals surface area contributed by atoms with Crippen LogP contribution in [0, 0.1) is 0 Å². The lowest BCUT2D eigenvalue weighted by molar-refractivity contribution is -0.140. The Bertz CT molecular complexity index is 1000. The molecule has 18 nitrogen and oxygen atoms in total. The largest absolute Gasteiger partial charge is 0.480 e. The Labute approximate surface area is 294 Å². The van der Waals surface area contributed by atoms with Crippen molar-refractivity contribution in [2.75, 3.05) is 118 Å². The van der Waals surface area contributed by atoms with Gasteiger partial charge in [0.15, 0.2) is 0 Å². The van der Waals surface area contributed by atoms with Gasteiger partial charge in [0.1, 0.15) is 6.04 Å². The van der Waals surface area contributed by atoms with Crippen LogP contribution in [0.15, 0.2) is 0 Å². The monoisotopic (exact) mass is 717 g/mol. The van der Waals surface area contributed by atoms with Crippen molar-refractivity contribution in [3.05, 3.63) is 0 Å². The van der Waals surface area contributed by atoms with Crippen LogP contribution in [-0.4, -0.2) is 195 Å². The van der Waals surface area contributed by atoms with Crippen molar-refractivity contribution in [2.24, 2.45) is 0 Å². The van der Waals surface area contributed by atoms with Crippen molar-refractivity contribution in [2.45, 2.75) is 52.0 Å². The van der Waals surface area contributed by atoms with E-state index in [1.807, 2.05) is 13.8 Å². The first-order valence-electron chi connectivity index (χ1n) is 17.5. The highest BCUT2D eigenvalue weighted by molar-refractivity contribution is 5.89. The van der Waals surface area contributed by atoms with Crippen LogP contribution in [0.25, 0.3) is 0 Å². The van der Waals surface area contributed by atoms with E-state index in [9.17, 15) is 44.1 Å². The van der Waals surface area contributed by atoms with Gasteiger partial charge in [-0.25, -0.2) is 0 Å². The number of nitrogens with zero attached hydrogens (tertiary/aromatic N) is 4. The van der Waals surface area contributed by atoms with Crippen LogP contribution < -0.4 is 16.0 Å². The van der Waals surface area contributed by atoms with Crippen molar-refractivity contribution in [3.63, 3.8) is 0 Å². The molecule has 1 heterocycles. The predicted octanol–water partition coefficient (Wildman–Crippen LogP) is -1.80. The summed E-state index contributed by atoms with van der Waals surface area (Å²) in [6.07, 6.45) is 2.17. The highest BCUT2D eigenvalue weighted by Gasteiger charge is 2.25. The lowest BCUT2D eigenvalue weighted by atomic mass is 10.1. The van der Waals surface area contributed by atoms with Gasteiger partial charge in [0.2, 0.25) is 17.7 Å². The van der Waals surface area contributed by atoms with Crippen LogP contribution in [0.1, 0.15) is 46.0 Å². The molecule has 18 heteroatoms. The molecule has 0 unspecified atom stereocenters. The summed E-state index contributed by atoms with van der Waals surface area (Å²) in [5, 5.41) is 36.6. The molecule has 0 spiro atoms. The maximum absolute atomic E-state index is 13.4. The average molecular weight is 718 g/mol. The number of rotatable bonds is 24. The van der Waals surface area contributed by atoms with E-state index in [1.165, 1.54) is 0 Å². The van der Waals surface area contributed by atoms with Gasteiger partial charge in [-0.3, -0.25) is 48.4 Å². The number of hydrogen-bond acceptors (Lipinski definition) is 12. The normalized spacial score (nSPS) is 16.4. The van der Waals surface area contributed by atoms with Gasteiger partial charge in [0.25, 0.3) is 0 Å². The smallest absolute Gasteiger partial charge is 0.317 e. The molecule has 0 radical (unpaired) electrons. The van der Waals surface area contributed by atoms with Crippen LogP contribution in [0.5, 0.6) is 0 Å². The third-order valence-corrected chi connectivity index (χ3v) is 7.79. The second-order valence-corrected chi connectivity index (χ2v) is 12.1. The standard InChI is InChI=1S/C32H59N7O11/c1-3-19-50-21-6-10-34-32(48)26(7-8-27(40)33-9-5-20-49-4-2)35-28(41)22-36-11-13-37(23-29(42)43)15-17-39(25-31(46)47)18-16-38(14-12-36)24-30(44)45/h26H,3-25H2,1-2H3,(H,33,40)(H,34,48)(H,35,41)(H,42,43)(H,44,45)(H,46,47)/t26-/m0/s1. The van der Waals surface area contributed by atoms with Gasteiger partial charge < -0.3 is 40.7 Å². The van der Waals surface area contributed by atoms with Crippen LogP contribution in [0.2, 0.25) is 0 Å².